The van der Waals surface area contributed by atoms with E-state index >= 15 is 0 Å². The Kier molecular flexibility index (Phi) is 4.93. The summed E-state index contributed by atoms with van der Waals surface area (Å²) in [5, 5.41) is 0. The van der Waals surface area contributed by atoms with Crippen LogP contribution in [0.5, 0.6) is 0 Å². The first-order valence-corrected chi connectivity index (χ1v) is 9.15. The number of nitrogens with one attached hydrogen (secondary N) is 1. The van der Waals surface area contributed by atoms with E-state index < -0.39 is 15.6 Å². The van der Waals surface area contributed by atoms with Crippen LogP contribution in [0.25, 0.3) is 0 Å². The van der Waals surface area contributed by atoms with Crippen LogP contribution >= 0.6 is 27.5 Å². The Morgan fingerprint density at radius 1 is 1.21 bits per heavy atom. The smallest absolute Gasteiger partial charge is 0.207 e. The lowest BCUT2D eigenvalue weighted by Gasteiger charge is -2.36. The summed E-state index contributed by atoms with van der Waals surface area (Å²) in [7, 11) is -3.54. The molecule has 2 rings (SSSR count). The van der Waals surface area contributed by atoms with Gasteiger partial charge >= 0.3 is 0 Å². The number of hydrogen-bond acceptors (Lipinski definition) is 2. The van der Waals surface area contributed by atoms with E-state index in [1.54, 1.807) is 24.3 Å². The molecule has 106 valence electrons. The van der Waals surface area contributed by atoms with Gasteiger partial charge in [-0.1, -0.05) is 31.4 Å². The van der Waals surface area contributed by atoms with E-state index in [4.69, 9.17) is 11.6 Å². The van der Waals surface area contributed by atoms with Crippen molar-refractivity contribution in [3.63, 3.8) is 0 Å². The van der Waals surface area contributed by atoms with Gasteiger partial charge in [-0.2, -0.15) is 0 Å². The zero-order valence-corrected chi connectivity index (χ0v) is 13.7. The monoisotopic (exact) mass is 365 g/mol. The highest BCUT2D eigenvalue weighted by Crippen LogP contribution is 2.32. The lowest BCUT2D eigenvalue weighted by atomic mass is 9.84. The molecule has 0 radical (unpaired) electrons. The van der Waals surface area contributed by atoms with Crippen LogP contribution in [0.3, 0.4) is 0 Å². The van der Waals surface area contributed by atoms with Gasteiger partial charge in [0.1, 0.15) is 0 Å². The molecule has 19 heavy (non-hydrogen) atoms. The fourth-order valence-electron chi connectivity index (χ4n) is 2.49. The lowest BCUT2D eigenvalue weighted by molar-refractivity contribution is 0.298. The summed E-state index contributed by atoms with van der Waals surface area (Å²) in [6, 6.07) is 6.83. The SMILES string of the molecule is O=S(=O)(NC1(CCl)CCCCC1)c1ccccc1Br. The van der Waals surface area contributed by atoms with E-state index in [9.17, 15) is 8.42 Å². The normalized spacial score (nSPS) is 19.3. The van der Waals surface area contributed by atoms with Crippen LogP contribution in [0.15, 0.2) is 33.6 Å². The highest BCUT2D eigenvalue weighted by molar-refractivity contribution is 9.10. The number of halogens is 2. The molecular weight excluding hydrogens is 350 g/mol. The third kappa shape index (κ3) is 3.51. The predicted octanol–water partition coefficient (Wildman–Crippen LogP) is 3.67. The van der Waals surface area contributed by atoms with E-state index in [1.807, 2.05) is 0 Å². The van der Waals surface area contributed by atoms with Crippen molar-refractivity contribution in [1.82, 2.24) is 4.72 Å². The fourth-order valence-corrected chi connectivity index (χ4v) is 5.37. The lowest BCUT2D eigenvalue weighted by Crippen LogP contribution is -2.51. The second kappa shape index (κ2) is 6.12. The van der Waals surface area contributed by atoms with Crippen molar-refractivity contribution in [3.05, 3.63) is 28.7 Å². The number of rotatable bonds is 4. The van der Waals surface area contributed by atoms with E-state index in [0.717, 1.165) is 32.1 Å². The number of hydrogen-bond donors (Lipinski definition) is 1. The minimum atomic E-state index is -3.54. The van der Waals surface area contributed by atoms with E-state index in [2.05, 4.69) is 20.7 Å². The van der Waals surface area contributed by atoms with Gasteiger partial charge in [-0.25, -0.2) is 13.1 Å². The quantitative estimate of drug-likeness (QED) is 0.826. The standard InChI is InChI=1S/C13H17BrClNO2S/c14-11-6-2-3-7-12(11)19(17,18)16-13(10-15)8-4-1-5-9-13/h2-3,6-7,16H,1,4-5,8-10H2. The molecule has 0 saturated heterocycles. The minimum Gasteiger partial charge on any atom is -0.207 e. The van der Waals surface area contributed by atoms with Crippen molar-refractivity contribution in [2.45, 2.75) is 42.5 Å². The summed E-state index contributed by atoms with van der Waals surface area (Å²) in [5.74, 6) is 0.316. The van der Waals surface area contributed by atoms with Crippen molar-refractivity contribution in [1.29, 1.82) is 0 Å². The van der Waals surface area contributed by atoms with Gasteiger partial charge in [-0.3, -0.25) is 0 Å². The predicted molar refractivity (Wildman–Crippen MR) is 81.0 cm³/mol. The van der Waals surface area contributed by atoms with Gasteiger partial charge in [0, 0.05) is 15.9 Å². The fraction of sp³-hybridized carbons (Fsp3) is 0.538. The summed E-state index contributed by atoms with van der Waals surface area (Å²) in [6.45, 7) is 0. The Hall–Kier alpha value is -0.100. The molecule has 0 atom stereocenters. The van der Waals surface area contributed by atoms with Gasteiger partial charge in [0.25, 0.3) is 0 Å². The molecule has 1 aliphatic rings. The third-order valence-corrected chi connectivity index (χ3v) is 6.65. The molecule has 1 aromatic rings. The van der Waals surface area contributed by atoms with Gasteiger partial charge < -0.3 is 0 Å². The Labute approximate surface area is 127 Å². The molecule has 0 unspecified atom stereocenters. The molecule has 1 aromatic carbocycles. The second-order valence-corrected chi connectivity index (χ2v) is 7.78. The minimum absolute atomic E-state index is 0.269. The molecule has 6 heteroatoms. The van der Waals surface area contributed by atoms with Crippen molar-refractivity contribution in [2.24, 2.45) is 0 Å². The first-order valence-electron chi connectivity index (χ1n) is 6.34. The van der Waals surface area contributed by atoms with E-state index in [0.29, 0.717) is 10.4 Å². The molecule has 1 N–H and O–H groups in total. The largest absolute Gasteiger partial charge is 0.242 e. The number of alkyl halides is 1. The average Bonchev–Trinajstić information content (AvgIpc) is 2.39. The third-order valence-electron chi connectivity index (χ3n) is 3.54. The average molecular weight is 367 g/mol. The molecule has 0 amide bonds. The van der Waals surface area contributed by atoms with Crippen LogP contribution in [-0.4, -0.2) is 19.8 Å². The molecule has 1 fully saturated rings. The van der Waals surface area contributed by atoms with Crippen LogP contribution in [0, 0.1) is 0 Å². The molecule has 0 aromatic heterocycles. The maximum Gasteiger partial charge on any atom is 0.242 e. The highest BCUT2D eigenvalue weighted by Gasteiger charge is 2.36. The summed E-state index contributed by atoms with van der Waals surface area (Å²) in [4.78, 5) is 0.269. The van der Waals surface area contributed by atoms with Gasteiger partial charge in [0.15, 0.2) is 0 Å². The van der Waals surface area contributed by atoms with Crippen molar-refractivity contribution >= 4 is 37.6 Å². The van der Waals surface area contributed by atoms with Crippen LogP contribution in [0.4, 0.5) is 0 Å². The maximum atomic E-state index is 12.5. The molecular formula is C13H17BrClNO2S. The van der Waals surface area contributed by atoms with Crippen LogP contribution in [-0.2, 0) is 10.0 Å². The Balaban J connectivity index is 2.28. The Morgan fingerprint density at radius 3 is 2.42 bits per heavy atom. The van der Waals surface area contributed by atoms with Crippen LogP contribution in [0.2, 0.25) is 0 Å². The highest BCUT2D eigenvalue weighted by atomic mass is 79.9. The molecule has 0 heterocycles. The summed E-state index contributed by atoms with van der Waals surface area (Å²) >= 11 is 9.32. The molecule has 1 aliphatic carbocycles. The summed E-state index contributed by atoms with van der Waals surface area (Å²) in [5.41, 5.74) is -0.492. The van der Waals surface area contributed by atoms with Gasteiger partial charge in [-0.05, 0) is 40.9 Å². The number of sulfonamides is 1. The Bertz CT molecular complexity index is 541. The van der Waals surface area contributed by atoms with Gasteiger partial charge in [0.05, 0.1) is 4.90 Å². The molecule has 3 nitrogen and oxygen atoms in total. The van der Waals surface area contributed by atoms with E-state index in [-0.39, 0.29) is 4.90 Å². The summed E-state index contributed by atoms with van der Waals surface area (Å²) < 4.78 is 28.4. The molecule has 0 spiro atoms. The first kappa shape index (κ1) is 15.3. The summed E-state index contributed by atoms with van der Waals surface area (Å²) in [6.07, 6.45) is 4.80. The zero-order valence-electron chi connectivity index (χ0n) is 10.5. The second-order valence-electron chi connectivity index (χ2n) is 5.01. The van der Waals surface area contributed by atoms with Gasteiger partial charge in [0.2, 0.25) is 10.0 Å². The maximum absolute atomic E-state index is 12.5. The topological polar surface area (TPSA) is 46.2 Å². The molecule has 0 aliphatic heterocycles. The van der Waals surface area contributed by atoms with Crippen molar-refractivity contribution < 1.29 is 8.42 Å². The van der Waals surface area contributed by atoms with Crippen LogP contribution in [0.1, 0.15) is 32.1 Å². The van der Waals surface area contributed by atoms with Crippen molar-refractivity contribution in [2.75, 3.05) is 5.88 Å². The van der Waals surface area contributed by atoms with Gasteiger partial charge in [-0.15, -0.1) is 11.6 Å². The van der Waals surface area contributed by atoms with Crippen LogP contribution < -0.4 is 4.72 Å². The zero-order chi connectivity index (χ0) is 13.9. The van der Waals surface area contributed by atoms with E-state index in [1.165, 1.54) is 0 Å². The molecule has 0 bridgehead atoms. The number of benzene rings is 1. The first-order chi connectivity index (χ1) is 8.99. The Morgan fingerprint density at radius 2 is 1.84 bits per heavy atom. The van der Waals surface area contributed by atoms with Crippen molar-refractivity contribution in [3.8, 4) is 0 Å². The molecule has 1 saturated carbocycles.